The first-order valence-electron chi connectivity index (χ1n) is 25.1. The van der Waals surface area contributed by atoms with E-state index in [-0.39, 0.29) is 17.6 Å². The second kappa shape index (κ2) is 20.3. The van der Waals surface area contributed by atoms with E-state index in [1.807, 2.05) is 0 Å². The minimum atomic E-state index is -0.0786. The van der Waals surface area contributed by atoms with Crippen LogP contribution < -0.4 is 14.4 Å². The second-order valence-electron chi connectivity index (χ2n) is 19.3. The van der Waals surface area contributed by atoms with Crippen molar-refractivity contribution in [1.29, 1.82) is 0 Å². The van der Waals surface area contributed by atoms with Crippen LogP contribution in [0.25, 0.3) is 32.7 Å². The van der Waals surface area contributed by atoms with Crippen molar-refractivity contribution in [2.45, 2.75) is 175 Å². The Morgan fingerprint density at radius 3 is 1.97 bits per heavy atom. The van der Waals surface area contributed by atoms with E-state index < -0.39 is 0 Å². The summed E-state index contributed by atoms with van der Waals surface area (Å²) in [6.07, 6.45) is 30.1. The third-order valence-corrected chi connectivity index (χ3v) is 14.7. The van der Waals surface area contributed by atoms with Gasteiger partial charge in [-0.1, -0.05) is 178 Å². The van der Waals surface area contributed by atoms with Crippen molar-refractivity contribution in [3.8, 4) is 22.6 Å². The molecule has 3 heteroatoms. The first-order chi connectivity index (χ1) is 30.4. The Bertz CT molecular complexity index is 2330. The molecule has 0 aromatic heterocycles. The van der Waals surface area contributed by atoms with Gasteiger partial charge in [0.2, 0.25) is 0 Å². The smallest absolute Gasteiger partial charge is 0.144 e. The minimum Gasteiger partial charge on any atom is -0.493 e. The topological polar surface area (TPSA) is 21.7 Å². The van der Waals surface area contributed by atoms with Crippen LogP contribution in [0.4, 0.5) is 11.4 Å². The van der Waals surface area contributed by atoms with Crippen LogP contribution in [0.5, 0.6) is 11.5 Å². The van der Waals surface area contributed by atoms with Crippen molar-refractivity contribution >= 4 is 32.9 Å². The number of unbranched alkanes of at least 4 members (excludes halogenated alkanes) is 11. The molecule has 0 fully saturated rings. The maximum atomic E-state index is 7.00. The van der Waals surface area contributed by atoms with Gasteiger partial charge in [-0.25, -0.2) is 0 Å². The average Bonchev–Trinajstić information content (AvgIpc) is 3.56. The van der Waals surface area contributed by atoms with Crippen LogP contribution in [0.3, 0.4) is 0 Å². The van der Waals surface area contributed by atoms with Gasteiger partial charge in [0, 0.05) is 11.1 Å². The molecule has 2 aliphatic carbocycles. The van der Waals surface area contributed by atoms with Crippen LogP contribution in [0.2, 0.25) is 0 Å². The van der Waals surface area contributed by atoms with Crippen LogP contribution >= 0.6 is 0 Å². The number of allylic oxidation sites excluding steroid dienone is 2. The van der Waals surface area contributed by atoms with Gasteiger partial charge >= 0.3 is 0 Å². The van der Waals surface area contributed by atoms with E-state index in [4.69, 9.17) is 9.47 Å². The van der Waals surface area contributed by atoms with Gasteiger partial charge in [-0.3, -0.25) is 0 Å². The van der Waals surface area contributed by atoms with Gasteiger partial charge in [0.05, 0.1) is 18.3 Å². The monoisotopic (exact) mass is 830 g/mol. The van der Waals surface area contributed by atoms with Crippen molar-refractivity contribution in [2.75, 3.05) is 11.5 Å². The highest BCUT2D eigenvalue weighted by molar-refractivity contribution is 6.16. The Labute approximate surface area is 375 Å². The summed E-state index contributed by atoms with van der Waals surface area (Å²) >= 11 is 0. The SMILES string of the molecule is CCCCCCCCC1(CCCCCCCC)c2cc(C)cc3ccc4cc(-c5ccc6c(c5)OC5C=C(C)C=CC5N6c5ccc(OCC(CC)CCCC)cc5)cc1c4c23. The van der Waals surface area contributed by atoms with E-state index in [1.165, 1.54) is 153 Å². The molecule has 3 aliphatic rings. The molecule has 3 nitrogen and oxygen atoms in total. The molecule has 5 aromatic carbocycles. The Balaban J connectivity index is 1.15. The fourth-order valence-electron chi connectivity index (χ4n) is 11.2. The highest BCUT2D eigenvalue weighted by Crippen LogP contribution is 2.56. The molecule has 328 valence electrons. The third-order valence-electron chi connectivity index (χ3n) is 14.7. The molecule has 0 N–H and O–H groups in total. The van der Waals surface area contributed by atoms with Gasteiger partial charge in [-0.05, 0) is 137 Å². The maximum Gasteiger partial charge on any atom is 0.144 e. The van der Waals surface area contributed by atoms with Gasteiger partial charge in [0.25, 0.3) is 0 Å². The Hall–Kier alpha value is -4.50. The number of hydrogen-bond donors (Lipinski definition) is 0. The number of aryl methyl sites for hydroxylation is 1. The van der Waals surface area contributed by atoms with E-state index in [9.17, 15) is 0 Å². The van der Waals surface area contributed by atoms with E-state index >= 15 is 0 Å². The predicted octanol–water partition coefficient (Wildman–Crippen LogP) is 17.4. The molecule has 3 atom stereocenters. The van der Waals surface area contributed by atoms with Crippen molar-refractivity contribution in [2.24, 2.45) is 5.92 Å². The van der Waals surface area contributed by atoms with Crippen molar-refractivity contribution < 1.29 is 9.47 Å². The molecule has 3 unspecified atom stereocenters. The summed E-state index contributed by atoms with van der Waals surface area (Å²) in [5, 5.41) is 5.81. The zero-order valence-electron chi connectivity index (χ0n) is 39.2. The van der Waals surface area contributed by atoms with Crippen molar-refractivity contribution in [1.82, 2.24) is 0 Å². The van der Waals surface area contributed by atoms with Crippen LogP contribution in [0, 0.1) is 12.8 Å². The summed E-state index contributed by atoms with van der Waals surface area (Å²) in [5.74, 6) is 2.50. The standard InChI is InChI=1S/C59H75NO2/c1-7-11-14-16-18-20-33-59(34-21-19-17-15-12-8-2)51-36-43(6)35-46-24-25-47-38-48(39-52(59)58(47)57(46)51)45-26-32-54-56(40-45)62-55-37-42(5)23-31-53(55)60(54)49-27-29-50(30-28-49)61-41-44(10-4)22-13-9-3/h23-32,35-40,44,53,55H,7-22,33-34,41H2,1-6H3. The lowest BCUT2D eigenvalue weighted by molar-refractivity contribution is 0.217. The first kappa shape index (κ1) is 44.1. The Morgan fingerprint density at radius 1 is 0.645 bits per heavy atom. The first-order valence-corrected chi connectivity index (χ1v) is 25.1. The molecular weight excluding hydrogens is 755 g/mol. The fourth-order valence-corrected chi connectivity index (χ4v) is 11.2. The molecule has 1 heterocycles. The number of nitrogens with zero attached hydrogens (tertiary/aromatic N) is 1. The van der Waals surface area contributed by atoms with Gasteiger partial charge in [0.15, 0.2) is 0 Å². The number of hydrogen-bond acceptors (Lipinski definition) is 3. The molecule has 0 spiro atoms. The van der Waals surface area contributed by atoms with Gasteiger partial charge in [-0.2, -0.15) is 0 Å². The highest BCUT2D eigenvalue weighted by atomic mass is 16.5. The van der Waals surface area contributed by atoms with Crippen LogP contribution in [-0.4, -0.2) is 18.8 Å². The van der Waals surface area contributed by atoms with Crippen molar-refractivity contribution in [3.05, 3.63) is 119 Å². The van der Waals surface area contributed by atoms with Crippen LogP contribution in [-0.2, 0) is 5.41 Å². The Morgan fingerprint density at radius 2 is 1.29 bits per heavy atom. The number of benzene rings is 5. The summed E-state index contributed by atoms with van der Waals surface area (Å²) in [6, 6.07) is 30.8. The van der Waals surface area contributed by atoms with Crippen LogP contribution in [0.15, 0.2) is 103 Å². The molecule has 0 amide bonds. The summed E-state index contributed by atoms with van der Waals surface area (Å²) in [5.41, 5.74) is 10.6. The normalized spacial score (nSPS) is 17.6. The maximum absolute atomic E-state index is 7.00. The number of rotatable bonds is 23. The molecule has 62 heavy (non-hydrogen) atoms. The molecule has 5 aromatic rings. The molecule has 1 aliphatic heterocycles. The Kier molecular flexibility index (Phi) is 14.5. The molecular formula is C59H75NO2. The van der Waals surface area contributed by atoms with Gasteiger partial charge in [-0.15, -0.1) is 0 Å². The molecule has 0 bridgehead atoms. The quantitative estimate of drug-likeness (QED) is 0.0484. The average molecular weight is 830 g/mol. The summed E-state index contributed by atoms with van der Waals surface area (Å²) < 4.78 is 13.4. The van der Waals surface area contributed by atoms with E-state index in [1.54, 1.807) is 11.1 Å². The minimum absolute atomic E-state index is 0.0338. The van der Waals surface area contributed by atoms with Crippen LogP contribution in [0.1, 0.15) is 167 Å². The molecule has 8 rings (SSSR count). The van der Waals surface area contributed by atoms with Crippen molar-refractivity contribution in [3.63, 3.8) is 0 Å². The largest absolute Gasteiger partial charge is 0.493 e. The second-order valence-corrected chi connectivity index (χ2v) is 19.3. The zero-order valence-corrected chi connectivity index (χ0v) is 39.2. The number of fused-ring (bicyclic) bond motifs is 2. The van der Waals surface area contributed by atoms with Gasteiger partial charge < -0.3 is 14.4 Å². The fraction of sp³-hybridized carbons (Fsp3) is 0.492. The third kappa shape index (κ3) is 9.25. The number of ether oxygens (including phenoxy) is 2. The summed E-state index contributed by atoms with van der Waals surface area (Å²) in [6.45, 7) is 14.5. The lowest BCUT2D eigenvalue weighted by Gasteiger charge is -2.43. The molecule has 0 saturated heterocycles. The molecule has 0 saturated carbocycles. The lowest BCUT2D eigenvalue weighted by atomic mass is 9.69. The lowest BCUT2D eigenvalue weighted by Crippen LogP contribution is -2.46. The summed E-state index contributed by atoms with van der Waals surface area (Å²) in [7, 11) is 0. The summed E-state index contributed by atoms with van der Waals surface area (Å²) in [4.78, 5) is 2.48. The number of anilines is 2. The zero-order chi connectivity index (χ0) is 43.1. The predicted molar refractivity (Wildman–Crippen MR) is 267 cm³/mol. The van der Waals surface area contributed by atoms with Gasteiger partial charge in [0.1, 0.15) is 17.6 Å². The highest BCUT2D eigenvalue weighted by Gasteiger charge is 2.42. The van der Waals surface area contributed by atoms with E-state index in [2.05, 4.69) is 144 Å². The molecule has 0 radical (unpaired) electrons. The van der Waals surface area contributed by atoms with E-state index in [0.717, 1.165) is 35.9 Å². The van der Waals surface area contributed by atoms with E-state index in [0.29, 0.717) is 5.92 Å².